The van der Waals surface area contributed by atoms with Crippen molar-refractivity contribution >= 4 is 0 Å². The Morgan fingerprint density at radius 1 is 0.719 bits per heavy atom. The molecule has 0 amide bonds. The van der Waals surface area contributed by atoms with Crippen LogP contribution in [0.4, 0.5) is 0 Å². The highest BCUT2D eigenvalue weighted by Crippen LogP contribution is 2.31. The predicted molar refractivity (Wildman–Crippen MR) is 132 cm³/mol. The van der Waals surface area contributed by atoms with Gasteiger partial charge in [0.25, 0.3) is 12.2 Å². The smallest absolute Gasteiger partial charge is 0.346 e. The van der Waals surface area contributed by atoms with Gasteiger partial charge in [-0.15, -0.1) is 0 Å². The molecule has 2 aromatic carbocycles. The SMILES string of the molecule is CC(C)c1cccc(C(C)C)c1-n1c[n+](-c2c(C(C)C)cccc2C(C)C)c(O)cc1=O. The molecule has 0 aliphatic rings. The van der Waals surface area contributed by atoms with Gasteiger partial charge in [-0.05, 0) is 23.7 Å². The molecule has 0 radical (unpaired) electrons. The van der Waals surface area contributed by atoms with Crippen LogP contribution in [-0.2, 0) is 0 Å². The summed E-state index contributed by atoms with van der Waals surface area (Å²) in [5, 5.41) is 10.9. The van der Waals surface area contributed by atoms with Crippen molar-refractivity contribution in [2.24, 2.45) is 0 Å². The zero-order chi connectivity index (χ0) is 23.7. The molecule has 1 aromatic heterocycles. The van der Waals surface area contributed by atoms with Crippen molar-refractivity contribution < 1.29 is 9.67 Å². The fourth-order valence-corrected chi connectivity index (χ4v) is 4.40. The van der Waals surface area contributed by atoms with Gasteiger partial charge in [0.15, 0.2) is 0 Å². The number of aromatic nitrogens is 2. The maximum Gasteiger partial charge on any atom is 0.346 e. The molecule has 0 aliphatic heterocycles. The predicted octanol–water partition coefficient (Wildman–Crippen LogP) is 6.31. The molecule has 0 aliphatic carbocycles. The zero-order valence-corrected chi connectivity index (χ0v) is 20.7. The second-order valence-corrected chi connectivity index (χ2v) is 9.89. The first-order valence-electron chi connectivity index (χ1n) is 11.7. The summed E-state index contributed by atoms with van der Waals surface area (Å²) >= 11 is 0. The number of hydrogen-bond acceptors (Lipinski definition) is 2. The van der Waals surface area contributed by atoms with E-state index in [2.05, 4.69) is 91.8 Å². The normalized spacial score (nSPS) is 11.9. The monoisotopic (exact) mass is 433 g/mol. The van der Waals surface area contributed by atoms with Crippen LogP contribution >= 0.6 is 0 Å². The molecule has 4 heteroatoms. The summed E-state index contributed by atoms with van der Waals surface area (Å²) in [6.07, 6.45) is 1.78. The third kappa shape index (κ3) is 4.36. The van der Waals surface area contributed by atoms with Gasteiger partial charge in [-0.2, -0.15) is 9.13 Å². The lowest BCUT2D eigenvalue weighted by Gasteiger charge is -2.20. The van der Waals surface area contributed by atoms with Crippen LogP contribution in [0.5, 0.6) is 5.88 Å². The molecule has 0 bridgehead atoms. The molecule has 4 nitrogen and oxygen atoms in total. The Morgan fingerprint density at radius 3 is 1.53 bits per heavy atom. The van der Waals surface area contributed by atoms with Crippen molar-refractivity contribution in [3.63, 3.8) is 0 Å². The lowest BCUT2D eigenvalue weighted by Crippen LogP contribution is -2.40. The van der Waals surface area contributed by atoms with Crippen molar-refractivity contribution in [3.8, 4) is 17.3 Å². The van der Waals surface area contributed by atoms with Crippen molar-refractivity contribution in [1.82, 2.24) is 4.57 Å². The molecular formula is C28H37N2O2+. The summed E-state index contributed by atoms with van der Waals surface area (Å²) in [6.45, 7) is 17.2. The van der Waals surface area contributed by atoms with E-state index in [9.17, 15) is 9.90 Å². The first kappa shape index (κ1) is 23.8. The summed E-state index contributed by atoms with van der Waals surface area (Å²) in [5.74, 6) is 1.00. The summed E-state index contributed by atoms with van der Waals surface area (Å²) in [5.41, 5.74) is 6.17. The van der Waals surface area contributed by atoms with E-state index in [4.69, 9.17) is 0 Å². The van der Waals surface area contributed by atoms with Crippen molar-refractivity contribution in [1.29, 1.82) is 0 Å². The molecule has 1 N–H and O–H groups in total. The third-order valence-electron chi connectivity index (χ3n) is 6.13. The van der Waals surface area contributed by atoms with Crippen molar-refractivity contribution in [2.75, 3.05) is 0 Å². The molecule has 0 unspecified atom stereocenters. The molecule has 3 aromatic rings. The Hall–Kier alpha value is -2.88. The first-order valence-corrected chi connectivity index (χ1v) is 11.7. The number of hydrogen-bond donors (Lipinski definition) is 1. The highest BCUT2D eigenvalue weighted by Gasteiger charge is 2.27. The largest absolute Gasteiger partial charge is 0.477 e. The van der Waals surface area contributed by atoms with Gasteiger partial charge >= 0.3 is 5.56 Å². The molecule has 170 valence electrons. The van der Waals surface area contributed by atoms with Gasteiger partial charge in [0.1, 0.15) is 17.4 Å². The van der Waals surface area contributed by atoms with Crippen LogP contribution in [0.15, 0.2) is 53.6 Å². The standard InChI is InChI=1S/C28H36N2O2/c1-17(2)21-11-9-12-22(18(3)4)27(21)29-16-30(26(32)15-25(29)31)28-23(19(5)6)13-10-14-24(28)20(7)8/h9-20H,1-8H3/p+1. The summed E-state index contributed by atoms with van der Waals surface area (Å²) in [4.78, 5) is 13.2. The lowest BCUT2D eigenvalue weighted by atomic mass is 9.92. The summed E-state index contributed by atoms with van der Waals surface area (Å²) in [6, 6.07) is 13.9. The van der Waals surface area contributed by atoms with E-state index in [1.807, 2.05) is 0 Å². The van der Waals surface area contributed by atoms with Crippen LogP contribution in [0, 0.1) is 0 Å². The fraction of sp³-hybridized carbons (Fsp3) is 0.429. The van der Waals surface area contributed by atoms with E-state index < -0.39 is 0 Å². The van der Waals surface area contributed by atoms with Gasteiger partial charge < -0.3 is 5.11 Å². The highest BCUT2D eigenvalue weighted by molar-refractivity contribution is 5.51. The average molecular weight is 434 g/mol. The molecule has 0 atom stereocenters. The van der Waals surface area contributed by atoms with E-state index in [0.29, 0.717) is 0 Å². The van der Waals surface area contributed by atoms with Crippen LogP contribution in [0.3, 0.4) is 0 Å². The maximum absolute atomic E-state index is 13.2. The van der Waals surface area contributed by atoms with E-state index in [0.717, 1.165) is 33.6 Å². The maximum atomic E-state index is 13.2. The van der Waals surface area contributed by atoms with Gasteiger partial charge in [0, 0.05) is 22.3 Å². The molecule has 0 fully saturated rings. The van der Waals surface area contributed by atoms with Crippen LogP contribution in [0.2, 0.25) is 0 Å². The second kappa shape index (κ2) is 9.32. The lowest BCUT2D eigenvalue weighted by molar-refractivity contribution is -0.609. The van der Waals surface area contributed by atoms with Crippen molar-refractivity contribution in [2.45, 2.75) is 79.1 Å². The van der Waals surface area contributed by atoms with Crippen LogP contribution < -0.4 is 10.1 Å². The molecule has 32 heavy (non-hydrogen) atoms. The van der Waals surface area contributed by atoms with Gasteiger partial charge in [-0.25, -0.2) is 4.79 Å². The number of para-hydroxylation sites is 2. The number of rotatable bonds is 6. The van der Waals surface area contributed by atoms with Gasteiger partial charge in [0.2, 0.25) is 0 Å². The minimum Gasteiger partial charge on any atom is -0.477 e. The van der Waals surface area contributed by atoms with Crippen LogP contribution in [0.25, 0.3) is 11.4 Å². The number of benzene rings is 2. The zero-order valence-electron chi connectivity index (χ0n) is 20.7. The van der Waals surface area contributed by atoms with Gasteiger partial charge in [0.05, 0.1) is 0 Å². The quantitative estimate of drug-likeness (QED) is 0.463. The third-order valence-corrected chi connectivity index (χ3v) is 6.13. The fourth-order valence-electron chi connectivity index (χ4n) is 4.40. The summed E-state index contributed by atoms with van der Waals surface area (Å²) in [7, 11) is 0. The highest BCUT2D eigenvalue weighted by atomic mass is 16.3. The van der Waals surface area contributed by atoms with E-state index in [1.54, 1.807) is 15.5 Å². The minimum atomic E-state index is -0.234. The molecule has 0 saturated heterocycles. The number of aromatic hydroxyl groups is 1. The molecular weight excluding hydrogens is 396 g/mol. The van der Waals surface area contributed by atoms with E-state index >= 15 is 0 Å². The molecule has 0 spiro atoms. The van der Waals surface area contributed by atoms with Gasteiger partial charge in [-0.1, -0.05) is 91.8 Å². The Kier molecular flexibility index (Phi) is 6.92. The molecule has 0 saturated carbocycles. The van der Waals surface area contributed by atoms with E-state index in [-0.39, 0.29) is 35.1 Å². The first-order chi connectivity index (χ1) is 15.0. The average Bonchev–Trinajstić information content (AvgIpc) is 2.72. The van der Waals surface area contributed by atoms with E-state index in [1.165, 1.54) is 6.07 Å². The molecule has 3 rings (SSSR count). The second-order valence-electron chi connectivity index (χ2n) is 9.89. The van der Waals surface area contributed by atoms with Crippen LogP contribution in [0.1, 0.15) is 101 Å². The summed E-state index contributed by atoms with van der Waals surface area (Å²) < 4.78 is 3.50. The molecule has 1 heterocycles. The van der Waals surface area contributed by atoms with Crippen LogP contribution in [-0.4, -0.2) is 9.67 Å². The van der Waals surface area contributed by atoms with Crippen molar-refractivity contribution in [3.05, 3.63) is 81.4 Å². The Bertz CT molecular complexity index is 1120. The topological polar surface area (TPSA) is 46.1 Å². The Balaban J connectivity index is 2.44. The van der Waals surface area contributed by atoms with Gasteiger partial charge in [-0.3, -0.25) is 0 Å². The number of nitrogens with zero attached hydrogens (tertiary/aromatic N) is 2. The Morgan fingerprint density at radius 2 is 1.12 bits per heavy atom. The Labute approximate surface area is 192 Å². The minimum absolute atomic E-state index is 0.0469.